The lowest BCUT2D eigenvalue weighted by Gasteiger charge is -2.28. The molecule has 1 aliphatic heterocycles. The van der Waals surface area contributed by atoms with Gasteiger partial charge in [0.05, 0.1) is 0 Å². The maximum Gasteiger partial charge on any atom is 0.234 e. The molecule has 0 bridgehead atoms. The molecule has 10 heavy (non-hydrogen) atoms. The van der Waals surface area contributed by atoms with Crippen molar-refractivity contribution in [2.24, 2.45) is 0 Å². The van der Waals surface area contributed by atoms with Crippen molar-refractivity contribution in [2.45, 2.75) is 13.0 Å². The largest absolute Gasteiger partial charge is 0.312 e. The van der Waals surface area contributed by atoms with Crippen LogP contribution in [0.25, 0.3) is 0 Å². The zero-order chi connectivity index (χ0) is 7.56. The van der Waals surface area contributed by atoms with Crippen molar-refractivity contribution in [1.82, 2.24) is 9.62 Å². The Kier molecular flexibility index (Phi) is 2.79. The second kappa shape index (κ2) is 3.43. The Labute approximate surface area is 63.0 Å². The van der Waals surface area contributed by atoms with Gasteiger partial charge < -0.3 is 5.32 Å². The molecule has 60 valence electrons. The predicted molar refractivity (Wildman–Crippen MR) is 39.8 cm³/mol. The molecular weight excluding hydrogens is 152 g/mol. The van der Waals surface area contributed by atoms with Gasteiger partial charge >= 0.3 is 0 Å². The zero-order valence-corrected chi connectivity index (χ0v) is 6.73. The van der Waals surface area contributed by atoms with Gasteiger partial charge in [-0.25, -0.2) is 4.21 Å². The zero-order valence-electron chi connectivity index (χ0n) is 5.91. The summed E-state index contributed by atoms with van der Waals surface area (Å²) in [6.07, 6.45) is 0. The fourth-order valence-electron chi connectivity index (χ4n) is 1.04. The molecule has 0 aromatic carbocycles. The van der Waals surface area contributed by atoms with Crippen LogP contribution in [0.2, 0.25) is 0 Å². The van der Waals surface area contributed by atoms with Gasteiger partial charge in [0, 0.05) is 25.7 Å². The highest BCUT2D eigenvalue weighted by Crippen LogP contribution is 1.99. The molecule has 0 amide bonds. The van der Waals surface area contributed by atoms with Crippen LogP contribution in [-0.2, 0) is 11.3 Å². The van der Waals surface area contributed by atoms with Gasteiger partial charge in [-0.15, -0.1) is 0 Å². The molecule has 0 aromatic heterocycles. The van der Waals surface area contributed by atoms with Crippen LogP contribution in [0.5, 0.6) is 0 Å². The first-order valence-electron chi connectivity index (χ1n) is 3.29. The summed E-state index contributed by atoms with van der Waals surface area (Å²) < 4.78 is 20.7. The Morgan fingerprint density at radius 3 is 2.90 bits per heavy atom. The lowest BCUT2D eigenvalue weighted by atomic mass is 10.3. The molecule has 4 nitrogen and oxygen atoms in total. The quantitative estimate of drug-likeness (QED) is 0.510. The van der Waals surface area contributed by atoms with Crippen LogP contribution in [0.4, 0.5) is 0 Å². The van der Waals surface area contributed by atoms with Crippen LogP contribution >= 0.6 is 0 Å². The third kappa shape index (κ3) is 2.02. The third-order valence-corrected chi connectivity index (χ3v) is 2.33. The summed E-state index contributed by atoms with van der Waals surface area (Å²) in [5, 5.41) is 3.18. The van der Waals surface area contributed by atoms with E-state index in [1.165, 1.54) is 0 Å². The van der Waals surface area contributed by atoms with E-state index in [0.717, 1.165) is 6.54 Å². The number of nitrogens with one attached hydrogen (secondary N) is 1. The van der Waals surface area contributed by atoms with E-state index in [1.807, 2.05) is 6.92 Å². The first kappa shape index (κ1) is 8.13. The minimum Gasteiger partial charge on any atom is -0.312 e. The third-order valence-electron chi connectivity index (χ3n) is 1.55. The van der Waals surface area contributed by atoms with E-state index in [-0.39, 0.29) is 0 Å². The van der Waals surface area contributed by atoms with Crippen molar-refractivity contribution < 1.29 is 8.76 Å². The lowest BCUT2D eigenvalue weighted by Crippen LogP contribution is -2.49. The molecule has 1 rings (SSSR count). The van der Waals surface area contributed by atoms with Gasteiger partial charge in [0.2, 0.25) is 11.3 Å². The molecule has 0 saturated carbocycles. The van der Waals surface area contributed by atoms with E-state index < -0.39 is 11.3 Å². The Morgan fingerprint density at radius 1 is 1.80 bits per heavy atom. The summed E-state index contributed by atoms with van der Waals surface area (Å²) in [7, 11) is 0. The highest BCUT2D eigenvalue weighted by molar-refractivity contribution is 7.76. The van der Waals surface area contributed by atoms with Crippen molar-refractivity contribution in [1.29, 1.82) is 0 Å². The van der Waals surface area contributed by atoms with Gasteiger partial charge in [0.15, 0.2) is 0 Å². The highest BCUT2D eigenvalue weighted by atomic mass is 32.2. The van der Waals surface area contributed by atoms with Crippen LogP contribution in [0.3, 0.4) is 0 Å². The molecule has 1 fully saturated rings. The summed E-state index contributed by atoms with van der Waals surface area (Å²) in [4.78, 5) is 0. The Bertz CT molecular complexity index is 142. The molecule has 2 N–H and O–H groups in total. The minimum absolute atomic E-state index is 0.324. The van der Waals surface area contributed by atoms with Gasteiger partial charge in [0.25, 0.3) is 0 Å². The first-order chi connectivity index (χ1) is 4.70. The molecule has 0 aliphatic carbocycles. The first-order valence-corrected chi connectivity index (χ1v) is 4.36. The lowest BCUT2D eigenvalue weighted by molar-refractivity contribution is 0.304. The summed E-state index contributed by atoms with van der Waals surface area (Å²) in [6, 6.07) is 0.324. The van der Waals surface area contributed by atoms with Gasteiger partial charge in [-0.05, 0) is 6.92 Å². The summed E-state index contributed by atoms with van der Waals surface area (Å²) in [5.74, 6) is 0. The molecule has 0 aromatic rings. The fraction of sp³-hybridized carbons (Fsp3) is 1.00. The summed E-state index contributed by atoms with van der Waals surface area (Å²) in [5.41, 5.74) is 0. The van der Waals surface area contributed by atoms with Crippen molar-refractivity contribution in [3.8, 4) is 0 Å². The smallest absolute Gasteiger partial charge is 0.234 e. The monoisotopic (exact) mass is 164 g/mol. The molecule has 1 aliphatic rings. The molecule has 1 heterocycles. The van der Waals surface area contributed by atoms with E-state index >= 15 is 0 Å². The average Bonchev–Trinajstić information content (AvgIpc) is 1.88. The van der Waals surface area contributed by atoms with Crippen LogP contribution in [0, 0.1) is 0 Å². The van der Waals surface area contributed by atoms with Crippen LogP contribution < -0.4 is 5.32 Å². The number of nitrogens with zero attached hydrogens (tertiary/aromatic N) is 1. The molecule has 2 atom stereocenters. The van der Waals surface area contributed by atoms with Crippen molar-refractivity contribution in [2.75, 3.05) is 19.6 Å². The molecule has 5 heteroatoms. The summed E-state index contributed by atoms with van der Waals surface area (Å²) in [6.45, 7) is 4.11. The SMILES string of the molecule is CC1CN(S(=O)O)CCN1. The maximum atomic E-state index is 10.5. The standard InChI is InChI=1S/C5H12N2O2S/c1-5-4-7(10(8)9)3-2-6-5/h5-6H,2-4H2,1H3,(H,8,9). The average molecular weight is 164 g/mol. The van der Waals surface area contributed by atoms with E-state index in [9.17, 15) is 4.21 Å². The van der Waals surface area contributed by atoms with Crippen LogP contribution in [-0.4, -0.2) is 38.7 Å². The van der Waals surface area contributed by atoms with Crippen molar-refractivity contribution >= 4 is 11.3 Å². The topological polar surface area (TPSA) is 52.6 Å². The fourth-order valence-corrected chi connectivity index (χ4v) is 1.64. The Hall–Kier alpha value is 0.0300. The van der Waals surface area contributed by atoms with Gasteiger partial charge in [-0.1, -0.05) is 0 Å². The predicted octanol–water partition coefficient (Wildman–Crippen LogP) is -0.583. The molecule has 0 spiro atoms. The Balaban J connectivity index is 2.39. The highest BCUT2D eigenvalue weighted by Gasteiger charge is 2.18. The maximum absolute atomic E-state index is 10.5. The molecular formula is C5H12N2O2S. The van der Waals surface area contributed by atoms with E-state index in [2.05, 4.69) is 5.32 Å². The van der Waals surface area contributed by atoms with E-state index in [4.69, 9.17) is 4.55 Å². The molecule has 0 radical (unpaired) electrons. The number of piperazine rings is 1. The van der Waals surface area contributed by atoms with Crippen LogP contribution in [0.15, 0.2) is 0 Å². The van der Waals surface area contributed by atoms with Gasteiger partial charge in [-0.2, -0.15) is 4.31 Å². The second-order valence-electron chi connectivity index (χ2n) is 2.47. The Morgan fingerprint density at radius 2 is 2.50 bits per heavy atom. The van der Waals surface area contributed by atoms with E-state index in [1.54, 1.807) is 4.31 Å². The van der Waals surface area contributed by atoms with Gasteiger partial charge in [0.1, 0.15) is 0 Å². The molecule has 2 unspecified atom stereocenters. The van der Waals surface area contributed by atoms with E-state index in [0.29, 0.717) is 19.1 Å². The second-order valence-corrected chi connectivity index (χ2v) is 3.45. The molecule has 1 saturated heterocycles. The van der Waals surface area contributed by atoms with Gasteiger partial charge in [-0.3, -0.25) is 4.55 Å². The number of hydrogen-bond acceptors (Lipinski definition) is 2. The normalized spacial score (nSPS) is 32.0. The van der Waals surface area contributed by atoms with Crippen molar-refractivity contribution in [3.05, 3.63) is 0 Å². The van der Waals surface area contributed by atoms with Crippen LogP contribution in [0.1, 0.15) is 6.92 Å². The minimum atomic E-state index is -1.78. The van der Waals surface area contributed by atoms with Crippen molar-refractivity contribution in [3.63, 3.8) is 0 Å². The summed E-state index contributed by atoms with van der Waals surface area (Å²) >= 11 is -1.78. The number of hydrogen-bond donors (Lipinski definition) is 2. The number of rotatable bonds is 1.